The van der Waals surface area contributed by atoms with Gasteiger partial charge in [-0.3, -0.25) is 4.79 Å². The van der Waals surface area contributed by atoms with E-state index in [4.69, 9.17) is 0 Å². The molecule has 0 bridgehead atoms. The maximum Gasteiger partial charge on any atom is 0.305 e. The molecule has 1 rings (SSSR count). The van der Waals surface area contributed by atoms with E-state index in [1.165, 1.54) is 18.2 Å². The molecule has 0 aliphatic carbocycles. The van der Waals surface area contributed by atoms with Crippen LogP contribution in [0, 0.1) is 0 Å². The number of carbonyl (C=O) groups excluding carboxylic acids is 1. The van der Waals surface area contributed by atoms with E-state index >= 15 is 0 Å². The quantitative estimate of drug-likeness (QED) is 0.536. The number of rotatable bonds is 7. The summed E-state index contributed by atoms with van der Waals surface area (Å²) in [5, 5.41) is 0. The van der Waals surface area contributed by atoms with E-state index in [2.05, 4.69) is 42.0 Å². The third-order valence-electron chi connectivity index (χ3n) is 2.88. The number of methoxy groups -OCH3 is 1. The SMILES string of the molecule is COC(=O)CCC=C(C)CCC=Cc1ccccc1. The van der Waals surface area contributed by atoms with Gasteiger partial charge in [-0.15, -0.1) is 0 Å². The molecule has 19 heavy (non-hydrogen) atoms. The lowest BCUT2D eigenvalue weighted by Gasteiger charge is -1.99. The minimum atomic E-state index is -0.145. The summed E-state index contributed by atoms with van der Waals surface area (Å²) in [4.78, 5) is 10.9. The molecule has 0 aliphatic heterocycles. The van der Waals surface area contributed by atoms with Crippen molar-refractivity contribution >= 4 is 12.0 Å². The van der Waals surface area contributed by atoms with Crippen LogP contribution in [0.3, 0.4) is 0 Å². The Morgan fingerprint density at radius 2 is 1.89 bits per heavy atom. The molecule has 2 heteroatoms. The Labute approximate surface area is 115 Å². The second kappa shape index (κ2) is 9.15. The van der Waals surface area contributed by atoms with Gasteiger partial charge < -0.3 is 4.74 Å². The summed E-state index contributed by atoms with van der Waals surface area (Å²) in [7, 11) is 1.42. The monoisotopic (exact) mass is 258 g/mol. The molecule has 0 saturated carbocycles. The van der Waals surface area contributed by atoms with Gasteiger partial charge in [0.2, 0.25) is 0 Å². The molecule has 0 radical (unpaired) electrons. The van der Waals surface area contributed by atoms with E-state index in [-0.39, 0.29) is 5.97 Å². The fourth-order valence-electron chi connectivity index (χ4n) is 1.74. The van der Waals surface area contributed by atoms with Crippen molar-refractivity contribution in [2.45, 2.75) is 32.6 Å². The van der Waals surface area contributed by atoms with Gasteiger partial charge in [-0.1, -0.05) is 54.1 Å². The number of carbonyl (C=O) groups is 1. The number of hydrogen-bond donors (Lipinski definition) is 0. The van der Waals surface area contributed by atoms with Crippen molar-refractivity contribution in [1.82, 2.24) is 0 Å². The average molecular weight is 258 g/mol. The van der Waals surface area contributed by atoms with Crippen LogP contribution < -0.4 is 0 Å². The normalized spacial score (nSPS) is 11.8. The Morgan fingerprint density at radius 3 is 2.58 bits per heavy atom. The minimum Gasteiger partial charge on any atom is -0.469 e. The molecule has 0 unspecified atom stereocenters. The van der Waals surface area contributed by atoms with Gasteiger partial charge in [-0.25, -0.2) is 0 Å². The van der Waals surface area contributed by atoms with Crippen LogP contribution in [0.1, 0.15) is 38.2 Å². The second-order valence-corrected chi connectivity index (χ2v) is 4.52. The molecule has 1 aromatic rings. The molecule has 0 heterocycles. The summed E-state index contributed by atoms with van der Waals surface area (Å²) in [5.41, 5.74) is 2.55. The highest BCUT2D eigenvalue weighted by atomic mass is 16.5. The lowest BCUT2D eigenvalue weighted by atomic mass is 10.1. The minimum absolute atomic E-state index is 0.145. The standard InChI is InChI=1S/C17H22O2/c1-15(10-8-14-17(18)19-2)9-6-7-13-16-11-4-3-5-12-16/h3-5,7,10-13H,6,8-9,14H2,1-2H3. The molecule has 0 N–H and O–H groups in total. The summed E-state index contributed by atoms with van der Waals surface area (Å²) in [6, 6.07) is 10.3. The van der Waals surface area contributed by atoms with E-state index in [9.17, 15) is 4.79 Å². The Morgan fingerprint density at radius 1 is 1.16 bits per heavy atom. The molecule has 0 atom stereocenters. The van der Waals surface area contributed by atoms with E-state index in [0.29, 0.717) is 6.42 Å². The Kier molecular flexibility index (Phi) is 7.33. The number of esters is 1. The first kappa shape index (κ1) is 15.2. The van der Waals surface area contributed by atoms with Gasteiger partial charge in [0, 0.05) is 6.42 Å². The zero-order valence-corrected chi connectivity index (χ0v) is 11.8. The van der Waals surface area contributed by atoms with Gasteiger partial charge in [0.25, 0.3) is 0 Å². The Balaban J connectivity index is 2.23. The summed E-state index contributed by atoms with van der Waals surface area (Å²) in [5.74, 6) is -0.145. The zero-order chi connectivity index (χ0) is 13.9. The summed E-state index contributed by atoms with van der Waals surface area (Å²) in [6.07, 6.45) is 9.73. The van der Waals surface area contributed by atoms with Gasteiger partial charge in [-0.2, -0.15) is 0 Å². The number of hydrogen-bond acceptors (Lipinski definition) is 2. The highest BCUT2D eigenvalue weighted by molar-refractivity contribution is 5.69. The molecular formula is C17H22O2. The topological polar surface area (TPSA) is 26.3 Å². The van der Waals surface area contributed by atoms with Crippen molar-refractivity contribution in [3.05, 3.63) is 53.6 Å². The van der Waals surface area contributed by atoms with Gasteiger partial charge in [0.05, 0.1) is 7.11 Å². The van der Waals surface area contributed by atoms with Crippen molar-refractivity contribution in [3.8, 4) is 0 Å². The first-order valence-corrected chi connectivity index (χ1v) is 6.66. The molecule has 0 aromatic heterocycles. The van der Waals surface area contributed by atoms with E-state index in [1.807, 2.05) is 18.2 Å². The molecular weight excluding hydrogens is 236 g/mol. The van der Waals surface area contributed by atoms with Crippen molar-refractivity contribution in [2.24, 2.45) is 0 Å². The molecule has 0 saturated heterocycles. The number of allylic oxidation sites excluding steroid dienone is 3. The fourth-order valence-corrected chi connectivity index (χ4v) is 1.74. The van der Waals surface area contributed by atoms with E-state index < -0.39 is 0 Å². The van der Waals surface area contributed by atoms with Crippen molar-refractivity contribution in [3.63, 3.8) is 0 Å². The third-order valence-corrected chi connectivity index (χ3v) is 2.88. The summed E-state index contributed by atoms with van der Waals surface area (Å²) in [6.45, 7) is 2.10. The van der Waals surface area contributed by atoms with E-state index in [0.717, 1.165) is 19.3 Å². The molecule has 2 nitrogen and oxygen atoms in total. The molecule has 0 fully saturated rings. The van der Waals surface area contributed by atoms with Crippen LogP contribution in [0.5, 0.6) is 0 Å². The molecule has 0 amide bonds. The zero-order valence-electron chi connectivity index (χ0n) is 11.8. The fraction of sp³-hybridized carbons (Fsp3) is 0.353. The predicted molar refractivity (Wildman–Crippen MR) is 79.7 cm³/mol. The molecule has 1 aromatic carbocycles. The van der Waals surface area contributed by atoms with Crippen LogP contribution in [0.25, 0.3) is 6.08 Å². The Bertz CT molecular complexity index is 430. The van der Waals surface area contributed by atoms with Crippen molar-refractivity contribution < 1.29 is 9.53 Å². The largest absolute Gasteiger partial charge is 0.469 e. The third kappa shape index (κ3) is 7.24. The maximum atomic E-state index is 10.9. The predicted octanol–water partition coefficient (Wildman–Crippen LogP) is 4.38. The lowest BCUT2D eigenvalue weighted by Crippen LogP contribution is -1.98. The smallest absolute Gasteiger partial charge is 0.305 e. The summed E-state index contributed by atoms with van der Waals surface area (Å²) < 4.78 is 4.60. The van der Waals surface area contributed by atoms with Crippen molar-refractivity contribution in [2.75, 3.05) is 7.11 Å². The first-order valence-electron chi connectivity index (χ1n) is 6.66. The highest BCUT2D eigenvalue weighted by Crippen LogP contribution is 2.09. The van der Waals surface area contributed by atoms with Crippen LogP contribution in [0.2, 0.25) is 0 Å². The van der Waals surface area contributed by atoms with Crippen LogP contribution in [0.15, 0.2) is 48.1 Å². The second-order valence-electron chi connectivity index (χ2n) is 4.52. The van der Waals surface area contributed by atoms with Crippen LogP contribution in [0.4, 0.5) is 0 Å². The molecule has 102 valence electrons. The number of ether oxygens (including phenoxy) is 1. The average Bonchev–Trinajstić information content (AvgIpc) is 2.44. The van der Waals surface area contributed by atoms with Crippen LogP contribution in [-0.4, -0.2) is 13.1 Å². The van der Waals surface area contributed by atoms with Gasteiger partial charge in [-0.05, 0) is 31.7 Å². The highest BCUT2D eigenvalue weighted by Gasteiger charge is 1.97. The first-order chi connectivity index (χ1) is 9.22. The summed E-state index contributed by atoms with van der Waals surface area (Å²) >= 11 is 0. The molecule has 0 aliphatic rings. The Hall–Kier alpha value is -1.83. The van der Waals surface area contributed by atoms with E-state index in [1.54, 1.807) is 0 Å². The van der Waals surface area contributed by atoms with Crippen LogP contribution in [-0.2, 0) is 9.53 Å². The van der Waals surface area contributed by atoms with Crippen LogP contribution >= 0.6 is 0 Å². The van der Waals surface area contributed by atoms with Gasteiger partial charge >= 0.3 is 5.97 Å². The maximum absolute atomic E-state index is 10.9. The van der Waals surface area contributed by atoms with Gasteiger partial charge in [0.15, 0.2) is 0 Å². The van der Waals surface area contributed by atoms with Crippen molar-refractivity contribution in [1.29, 1.82) is 0 Å². The number of benzene rings is 1. The van der Waals surface area contributed by atoms with Gasteiger partial charge in [0.1, 0.15) is 0 Å². The lowest BCUT2D eigenvalue weighted by molar-refractivity contribution is -0.140. The molecule has 0 spiro atoms.